The van der Waals surface area contributed by atoms with Gasteiger partial charge in [-0.3, -0.25) is 14.5 Å². The minimum atomic E-state index is -1.20. The standard InChI is InChI=1S/C24H19FN4O4/c1-13-9-20(18(10-16(13)22(26)31)23-27-7-2-8-28-23)29-12-19(24(32)33)17(11-21(29)30)14-3-5-15(25)6-4-14/h2-10,12,17H,11H2,1H3,(H2,26,31)(H,32,33)/t17-/m0/s1. The van der Waals surface area contributed by atoms with Gasteiger partial charge in [-0.25, -0.2) is 19.2 Å². The quantitative estimate of drug-likeness (QED) is 0.620. The van der Waals surface area contributed by atoms with Gasteiger partial charge in [-0.2, -0.15) is 0 Å². The van der Waals surface area contributed by atoms with Crippen LogP contribution in [0.25, 0.3) is 11.4 Å². The fourth-order valence-corrected chi connectivity index (χ4v) is 3.86. The first-order valence-electron chi connectivity index (χ1n) is 10.0. The maximum atomic E-state index is 13.4. The van der Waals surface area contributed by atoms with Crippen molar-refractivity contribution < 1.29 is 23.9 Å². The van der Waals surface area contributed by atoms with E-state index in [0.717, 1.165) is 0 Å². The number of benzene rings is 2. The van der Waals surface area contributed by atoms with Crippen molar-refractivity contribution in [2.24, 2.45) is 5.73 Å². The fraction of sp³-hybridized carbons (Fsp3) is 0.125. The molecule has 2 heterocycles. The van der Waals surface area contributed by atoms with Gasteiger partial charge in [-0.05, 0) is 48.4 Å². The number of aromatic nitrogens is 2. The molecule has 8 nitrogen and oxygen atoms in total. The van der Waals surface area contributed by atoms with Crippen molar-refractivity contribution >= 4 is 23.5 Å². The van der Waals surface area contributed by atoms with E-state index in [1.54, 1.807) is 19.1 Å². The summed E-state index contributed by atoms with van der Waals surface area (Å²) in [5.74, 6) is -3.19. The highest BCUT2D eigenvalue weighted by molar-refractivity contribution is 6.06. The van der Waals surface area contributed by atoms with Crippen LogP contribution in [-0.2, 0) is 9.59 Å². The molecule has 0 bridgehead atoms. The van der Waals surface area contributed by atoms with Crippen LogP contribution < -0.4 is 10.6 Å². The topological polar surface area (TPSA) is 126 Å². The number of primary amides is 1. The number of halogens is 1. The minimum Gasteiger partial charge on any atom is -0.478 e. The predicted molar refractivity (Wildman–Crippen MR) is 118 cm³/mol. The highest BCUT2D eigenvalue weighted by Gasteiger charge is 2.34. The van der Waals surface area contributed by atoms with Gasteiger partial charge >= 0.3 is 5.97 Å². The van der Waals surface area contributed by atoms with E-state index in [1.807, 2.05) is 0 Å². The van der Waals surface area contributed by atoms with Crippen molar-refractivity contribution in [1.82, 2.24) is 9.97 Å². The second-order valence-electron chi connectivity index (χ2n) is 7.58. The van der Waals surface area contributed by atoms with E-state index >= 15 is 0 Å². The number of amides is 2. The van der Waals surface area contributed by atoms with E-state index in [1.165, 1.54) is 53.8 Å². The molecule has 0 aliphatic carbocycles. The molecule has 1 aromatic heterocycles. The Kier molecular flexibility index (Phi) is 5.70. The van der Waals surface area contributed by atoms with Gasteiger partial charge in [-0.15, -0.1) is 0 Å². The summed E-state index contributed by atoms with van der Waals surface area (Å²) < 4.78 is 13.4. The van der Waals surface area contributed by atoms with E-state index in [0.29, 0.717) is 22.4 Å². The molecule has 33 heavy (non-hydrogen) atoms. The molecule has 2 amide bonds. The summed E-state index contributed by atoms with van der Waals surface area (Å²) in [5, 5.41) is 9.87. The molecule has 0 fully saturated rings. The Morgan fingerprint density at radius 1 is 1.15 bits per heavy atom. The van der Waals surface area contributed by atoms with Crippen LogP contribution in [0, 0.1) is 12.7 Å². The first-order valence-corrected chi connectivity index (χ1v) is 10.0. The molecule has 0 saturated carbocycles. The van der Waals surface area contributed by atoms with Gasteiger partial charge in [0.25, 0.3) is 0 Å². The normalized spacial score (nSPS) is 15.8. The summed E-state index contributed by atoms with van der Waals surface area (Å²) in [4.78, 5) is 46.9. The van der Waals surface area contributed by atoms with Crippen LogP contribution in [0.2, 0.25) is 0 Å². The van der Waals surface area contributed by atoms with Crippen molar-refractivity contribution in [1.29, 1.82) is 0 Å². The SMILES string of the molecule is Cc1cc(N2C=C(C(=O)O)[C@H](c3ccc(F)cc3)CC2=O)c(-c2ncccn2)cc1C(N)=O. The zero-order valence-corrected chi connectivity index (χ0v) is 17.5. The zero-order valence-electron chi connectivity index (χ0n) is 17.5. The summed E-state index contributed by atoms with van der Waals surface area (Å²) in [7, 11) is 0. The number of anilines is 1. The van der Waals surface area contributed by atoms with Gasteiger partial charge < -0.3 is 10.8 Å². The highest BCUT2D eigenvalue weighted by atomic mass is 19.1. The van der Waals surface area contributed by atoms with Gasteiger partial charge in [0.05, 0.1) is 11.3 Å². The number of hydrogen-bond donors (Lipinski definition) is 2. The lowest BCUT2D eigenvalue weighted by Crippen LogP contribution is -2.35. The van der Waals surface area contributed by atoms with Crippen LogP contribution in [-0.4, -0.2) is 32.9 Å². The monoisotopic (exact) mass is 446 g/mol. The number of carboxylic acids is 1. The number of nitrogens with zero attached hydrogens (tertiary/aromatic N) is 3. The molecule has 0 radical (unpaired) electrons. The number of hydrogen-bond acceptors (Lipinski definition) is 5. The number of carbonyl (C=O) groups excluding carboxylic acids is 2. The third-order valence-corrected chi connectivity index (χ3v) is 5.48. The molecule has 9 heteroatoms. The van der Waals surface area contributed by atoms with Crippen molar-refractivity contribution in [2.75, 3.05) is 4.90 Å². The summed E-state index contributed by atoms with van der Waals surface area (Å²) in [6.45, 7) is 1.66. The predicted octanol–water partition coefficient (Wildman–Crippen LogP) is 3.18. The van der Waals surface area contributed by atoms with Gasteiger partial charge in [-0.1, -0.05) is 12.1 Å². The third kappa shape index (κ3) is 4.20. The molecule has 0 saturated heterocycles. The maximum absolute atomic E-state index is 13.4. The van der Waals surface area contributed by atoms with E-state index in [9.17, 15) is 23.9 Å². The van der Waals surface area contributed by atoms with Crippen LogP contribution in [0.5, 0.6) is 0 Å². The molecule has 3 aromatic rings. The average Bonchev–Trinajstić information content (AvgIpc) is 2.79. The molecule has 1 aliphatic rings. The average molecular weight is 446 g/mol. The number of rotatable bonds is 5. The molecule has 1 atom stereocenters. The number of carboxylic acid groups (broad SMARTS) is 1. The number of nitrogens with two attached hydrogens (primary N) is 1. The maximum Gasteiger partial charge on any atom is 0.333 e. The van der Waals surface area contributed by atoms with Crippen LogP contribution in [0.15, 0.2) is 66.6 Å². The van der Waals surface area contributed by atoms with E-state index in [4.69, 9.17) is 5.73 Å². The molecule has 0 spiro atoms. The highest BCUT2D eigenvalue weighted by Crippen LogP contribution is 2.39. The molecule has 2 aromatic carbocycles. The zero-order chi connectivity index (χ0) is 23.7. The minimum absolute atomic E-state index is 0.0298. The van der Waals surface area contributed by atoms with Gasteiger partial charge in [0.15, 0.2) is 5.82 Å². The lowest BCUT2D eigenvalue weighted by atomic mass is 9.85. The molecular formula is C24H19FN4O4. The Morgan fingerprint density at radius 2 is 1.82 bits per heavy atom. The molecule has 4 rings (SSSR count). The summed E-state index contributed by atoms with van der Waals surface area (Å²) in [5.41, 5.74) is 7.40. The van der Waals surface area contributed by atoms with Gasteiger partial charge in [0.2, 0.25) is 11.8 Å². The molecule has 0 unspecified atom stereocenters. The van der Waals surface area contributed by atoms with Gasteiger partial charge in [0.1, 0.15) is 5.82 Å². The number of carbonyl (C=O) groups is 3. The Bertz CT molecular complexity index is 1290. The molecule has 1 aliphatic heterocycles. The summed E-state index contributed by atoms with van der Waals surface area (Å²) in [6.07, 6.45) is 4.14. The fourth-order valence-electron chi connectivity index (χ4n) is 3.86. The molecule has 3 N–H and O–H groups in total. The second-order valence-corrected chi connectivity index (χ2v) is 7.58. The molecule has 166 valence electrons. The van der Waals surface area contributed by atoms with Crippen LogP contribution in [0.4, 0.5) is 10.1 Å². The lowest BCUT2D eigenvalue weighted by molar-refractivity contribution is -0.133. The summed E-state index contributed by atoms with van der Waals surface area (Å²) in [6, 6.07) is 10.1. The Hall–Kier alpha value is -4.40. The van der Waals surface area contributed by atoms with E-state index < -0.39 is 23.6 Å². The smallest absolute Gasteiger partial charge is 0.333 e. The molecular weight excluding hydrogens is 427 g/mol. The first kappa shape index (κ1) is 21.8. The van der Waals surface area contributed by atoms with Crippen molar-refractivity contribution in [2.45, 2.75) is 19.3 Å². The van der Waals surface area contributed by atoms with E-state index in [-0.39, 0.29) is 29.3 Å². The number of aliphatic carboxylic acids is 1. The second kappa shape index (κ2) is 8.62. The van der Waals surface area contributed by atoms with Crippen molar-refractivity contribution in [3.05, 3.63) is 89.1 Å². The van der Waals surface area contributed by atoms with Gasteiger partial charge in [0, 0.05) is 42.1 Å². The van der Waals surface area contributed by atoms with Crippen LogP contribution in [0.3, 0.4) is 0 Å². The van der Waals surface area contributed by atoms with E-state index in [2.05, 4.69) is 9.97 Å². The van der Waals surface area contributed by atoms with Crippen LogP contribution >= 0.6 is 0 Å². The Balaban J connectivity index is 1.88. The lowest BCUT2D eigenvalue weighted by Gasteiger charge is -2.31. The van der Waals surface area contributed by atoms with Crippen LogP contribution in [0.1, 0.15) is 33.8 Å². The Morgan fingerprint density at radius 3 is 2.42 bits per heavy atom. The Labute approximate surface area is 188 Å². The number of aryl methyl sites for hydroxylation is 1. The third-order valence-electron chi connectivity index (χ3n) is 5.48. The first-order chi connectivity index (χ1) is 15.8. The summed E-state index contributed by atoms with van der Waals surface area (Å²) >= 11 is 0. The van der Waals surface area contributed by atoms with Crippen molar-refractivity contribution in [3.8, 4) is 11.4 Å². The van der Waals surface area contributed by atoms with Crippen molar-refractivity contribution in [3.63, 3.8) is 0 Å². The largest absolute Gasteiger partial charge is 0.478 e.